The fourth-order valence-corrected chi connectivity index (χ4v) is 4.49. The zero-order valence-corrected chi connectivity index (χ0v) is 19.9. The van der Waals surface area contributed by atoms with Gasteiger partial charge in [-0.3, -0.25) is 9.78 Å². The van der Waals surface area contributed by atoms with E-state index in [2.05, 4.69) is 20.3 Å². The normalized spacial score (nSPS) is 11.7. The molecule has 0 aliphatic rings. The second-order valence-electron chi connectivity index (χ2n) is 8.76. The van der Waals surface area contributed by atoms with E-state index in [0.717, 1.165) is 6.07 Å². The number of pyridine rings is 2. The summed E-state index contributed by atoms with van der Waals surface area (Å²) in [6.45, 7) is 0. The number of carbonyl (C=O) groups excluding carboxylic acids is 1. The lowest BCUT2D eigenvalue weighted by atomic mass is 9.95. The van der Waals surface area contributed by atoms with Crippen molar-refractivity contribution in [1.82, 2.24) is 20.3 Å². The summed E-state index contributed by atoms with van der Waals surface area (Å²) in [6.07, 6.45) is 4.68. The molecular formula is C29H20F3N5O. The number of aromatic amines is 1. The Bertz CT molecular complexity index is 1670. The van der Waals surface area contributed by atoms with Crippen LogP contribution in [0.5, 0.6) is 0 Å². The van der Waals surface area contributed by atoms with Crippen LogP contribution in [0.2, 0.25) is 0 Å². The fraction of sp³-hybridized carbons (Fsp3) is 0.103. The summed E-state index contributed by atoms with van der Waals surface area (Å²) in [5.41, 5.74) is 3.55. The predicted molar refractivity (Wildman–Crippen MR) is 135 cm³/mol. The summed E-state index contributed by atoms with van der Waals surface area (Å²) >= 11 is 0. The van der Waals surface area contributed by atoms with Gasteiger partial charge in [-0.15, -0.1) is 0 Å². The lowest BCUT2D eigenvalue weighted by Crippen LogP contribution is -2.32. The van der Waals surface area contributed by atoms with Crippen LogP contribution in [0.4, 0.5) is 13.2 Å². The number of halogens is 3. The highest BCUT2D eigenvalue weighted by molar-refractivity contribution is 5.89. The number of hydrogen-bond acceptors (Lipinski definition) is 4. The number of hydrogen-bond donors (Lipinski definition) is 2. The van der Waals surface area contributed by atoms with E-state index in [4.69, 9.17) is 0 Å². The third-order valence-electron chi connectivity index (χ3n) is 6.13. The smallest absolute Gasteiger partial charge is 0.225 e. The Morgan fingerprint density at radius 3 is 2.58 bits per heavy atom. The number of aromatic nitrogens is 3. The van der Waals surface area contributed by atoms with Crippen LogP contribution in [-0.4, -0.2) is 20.9 Å². The fourth-order valence-electron chi connectivity index (χ4n) is 4.49. The first kappa shape index (κ1) is 24.7. The van der Waals surface area contributed by atoms with Crippen LogP contribution < -0.4 is 5.32 Å². The number of benzene rings is 2. The van der Waals surface area contributed by atoms with Crippen LogP contribution in [-0.2, 0) is 17.6 Å². The van der Waals surface area contributed by atoms with Gasteiger partial charge < -0.3 is 10.3 Å². The van der Waals surface area contributed by atoms with E-state index < -0.39 is 23.5 Å². The Labute approximate surface area is 215 Å². The van der Waals surface area contributed by atoms with E-state index in [1.807, 2.05) is 6.07 Å². The Morgan fingerprint density at radius 1 is 0.974 bits per heavy atom. The molecule has 0 fully saturated rings. The van der Waals surface area contributed by atoms with E-state index in [-0.39, 0.29) is 24.4 Å². The molecule has 0 saturated heterocycles. The summed E-state index contributed by atoms with van der Waals surface area (Å²) in [5.74, 6) is -2.28. The minimum absolute atomic E-state index is 0.0448. The minimum Gasteiger partial charge on any atom is -0.361 e. The summed E-state index contributed by atoms with van der Waals surface area (Å²) in [6, 6.07) is 15.5. The minimum atomic E-state index is -0.777. The van der Waals surface area contributed by atoms with Crippen LogP contribution in [0.25, 0.3) is 22.0 Å². The molecular weight excluding hydrogens is 491 g/mol. The second kappa shape index (κ2) is 10.6. The summed E-state index contributed by atoms with van der Waals surface area (Å²) in [5, 5.41) is 12.8. The van der Waals surface area contributed by atoms with Gasteiger partial charge in [-0.1, -0.05) is 6.07 Å². The molecule has 1 atom stereocenters. The Morgan fingerprint density at radius 2 is 1.79 bits per heavy atom. The SMILES string of the molecule is N#Cc1cc(-c2cccnc2[C@H](Cc2cc(F)cc(F)c2)NC(=O)Cc2c[nH]c3ccc(F)cc23)ccn1. The highest BCUT2D eigenvalue weighted by atomic mass is 19.1. The molecule has 3 heterocycles. The Balaban J connectivity index is 1.51. The van der Waals surface area contributed by atoms with Crippen molar-refractivity contribution in [3.8, 4) is 17.2 Å². The van der Waals surface area contributed by atoms with Crippen molar-refractivity contribution in [3.63, 3.8) is 0 Å². The van der Waals surface area contributed by atoms with Crippen LogP contribution in [0.3, 0.4) is 0 Å². The largest absolute Gasteiger partial charge is 0.361 e. The van der Waals surface area contributed by atoms with Crippen LogP contribution in [0.15, 0.2) is 79.3 Å². The first-order valence-corrected chi connectivity index (χ1v) is 11.7. The molecule has 0 radical (unpaired) electrons. The zero-order chi connectivity index (χ0) is 26.6. The standard InChI is InChI=1S/C29H20F3N5O/c30-20-3-4-26-25(14-20)19(16-36-26)12-28(38)37-27(10-17-8-21(31)13-22(32)9-17)29-24(2-1-6-35-29)18-5-7-34-23(11-18)15-33/h1-9,11,13-14,16,27,36H,10,12H2,(H,37,38)/t27-/m0/s1. The number of nitrogens with zero attached hydrogens (tertiary/aromatic N) is 3. The lowest BCUT2D eigenvalue weighted by molar-refractivity contribution is -0.121. The molecule has 5 aromatic rings. The highest BCUT2D eigenvalue weighted by Gasteiger charge is 2.22. The van der Waals surface area contributed by atoms with Gasteiger partial charge in [0.05, 0.1) is 18.2 Å². The van der Waals surface area contributed by atoms with Crippen molar-refractivity contribution in [2.75, 3.05) is 0 Å². The molecule has 188 valence electrons. The van der Waals surface area contributed by atoms with E-state index in [1.54, 1.807) is 42.7 Å². The monoisotopic (exact) mass is 511 g/mol. The highest BCUT2D eigenvalue weighted by Crippen LogP contribution is 2.29. The molecule has 1 amide bonds. The third-order valence-corrected chi connectivity index (χ3v) is 6.13. The van der Waals surface area contributed by atoms with Crippen molar-refractivity contribution in [2.45, 2.75) is 18.9 Å². The van der Waals surface area contributed by atoms with Gasteiger partial charge in [-0.25, -0.2) is 18.2 Å². The second-order valence-corrected chi connectivity index (χ2v) is 8.76. The molecule has 0 aliphatic heterocycles. The molecule has 9 heteroatoms. The average Bonchev–Trinajstić information content (AvgIpc) is 3.29. The molecule has 0 saturated carbocycles. The molecule has 2 N–H and O–H groups in total. The number of rotatable bonds is 7. The van der Waals surface area contributed by atoms with E-state index >= 15 is 0 Å². The topological polar surface area (TPSA) is 94.5 Å². The van der Waals surface area contributed by atoms with Crippen LogP contribution in [0.1, 0.15) is 28.6 Å². The molecule has 5 rings (SSSR count). The van der Waals surface area contributed by atoms with Crippen molar-refractivity contribution >= 4 is 16.8 Å². The molecule has 3 aromatic heterocycles. The maximum absolute atomic E-state index is 14.0. The van der Waals surface area contributed by atoms with Gasteiger partial charge in [-0.2, -0.15) is 5.26 Å². The summed E-state index contributed by atoms with van der Waals surface area (Å²) in [4.78, 5) is 24.8. The van der Waals surface area contributed by atoms with Gasteiger partial charge in [-0.05, 0) is 71.6 Å². The van der Waals surface area contributed by atoms with Gasteiger partial charge in [0.15, 0.2) is 0 Å². The maximum Gasteiger partial charge on any atom is 0.225 e. The molecule has 6 nitrogen and oxygen atoms in total. The van der Waals surface area contributed by atoms with Crippen molar-refractivity contribution < 1.29 is 18.0 Å². The summed E-state index contributed by atoms with van der Waals surface area (Å²) in [7, 11) is 0. The lowest BCUT2D eigenvalue weighted by Gasteiger charge is -2.21. The number of carbonyl (C=O) groups is 1. The number of amides is 1. The number of fused-ring (bicyclic) bond motifs is 1. The van der Waals surface area contributed by atoms with Crippen molar-refractivity contribution in [1.29, 1.82) is 5.26 Å². The van der Waals surface area contributed by atoms with E-state index in [9.17, 15) is 23.2 Å². The molecule has 0 bridgehead atoms. The predicted octanol–water partition coefficient (Wildman–Crippen LogP) is 5.56. The van der Waals surface area contributed by atoms with Gasteiger partial charge >= 0.3 is 0 Å². The van der Waals surface area contributed by atoms with Crippen LogP contribution in [0, 0.1) is 28.8 Å². The first-order valence-electron chi connectivity index (χ1n) is 11.7. The average molecular weight is 512 g/mol. The quantitative estimate of drug-likeness (QED) is 0.299. The van der Waals surface area contributed by atoms with E-state index in [1.165, 1.54) is 30.5 Å². The Hall–Kier alpha value is -4.97. The first-order chi connectivity index (χ1) is 18.4. The van der Waals surface area contributed by atoms with Crippen molar-refractivity contribution in [2.24, 2.45) is 0 Å². The number of nitriles is 1. The van der Waals surface area contributed by atoms with Crippen LogP contribution >= 0.6 is 0 Å². The van der Waals surface area contributed by atoms with Crippen molar-refractivity contribution in [3.05, 3.63) is 119 Å². The Kier molecular flexibility index (Phi) is 6.87. The number of H-pyrrole nitrogens is 1. The maximum atomic E-state index is 14.0. The zero-order valence-electron chi connectivity index (χ0n) is 19.9. The molecule has 2 aromatic carbocycles. The third kappa shape index (κ3) is 5.39. The number of nitrogens with one attached hydrogen (secondary N) is 2. The summed E-state index contributed by atoms with van der Waals surface area (Å²) < 4.78 is 41.8. The molecule has 0 unspecified atom stereocenters. The molecule has 0 aliphatic carbocycles. The van der Waals surface area contributed by atoms with Gasteiger partial charge in [0.25, 0.3) is 0 Å². The molecule has 38 heavy (non-hydrogen) atoms. The van der Waals surface area contributed by atoms with Gasteiger partial charge in [0.2, 0.25) is 5.91 Å². The van der Waals surface area contributed by atoms with E-state index in [0.29, 0.717) is 38.9 Å². The van der Waals surface area contributed by atoms with Gasteiger partial charge in [0.1, 0.15) is 29.2 Å². The molecule has 0 spiro atoms. The van der Waals surface area contributed by atoms with Gasteiger partial charge in [0, 0.05) is 41.1 Å².